The Balaban J connectivity index is 3.18. The molecule has 0 aromatic heterocycles. The summed E-state index contributed by atoms with van der Waals surface area (Å²) in [6.07, 6.45) is 0. The maximum absolute atomic E-state index is 7.68. The molecule has 1 rings (SSSR count). The normalized spacial score (nSPS) is 9.64. The highest BCUT2D eigenvalue weighted by Crippen LogP contribution is 2.22. The van der Waals surface area contributed by atoms with Crippen molar-refractivity contribution >= 4 is 11.5 Å². The van der Waals surface area contributed by atoms with Gasteiger partial charge in [0.25, 0.3) is 0 Å². The fraction of sp³-hybridized carbons (Fsp3) is 0.250. The molecular formula is C12H16N2. The van der Waals surface area contributed by atoms with Crippen LogP contribution >= 0.6 is 0 Å². The summed E-state index contributed by atoms with van der Waals surface area (Å²) in [6, 6.07) is 8.01. The van der Waals surface area contributed by atoms with Crippen molar-refractivity contribution in [3.8, 4) is 0 Å². The zero-order chi connectivity index (χ0) is 10.7. The highest BCUT2D eigenvalue weighted by molar-refractivity contribution is 5.97. The third-order valence-corrected chi connectivity index (χ3v) is 2.07. The Morgan fingerprint density at radius 3 is 2.29 bits per heavy atom. The van der Waals surface area contributed by atoms with Crippen LogP contribution in [0.15, 0.2) is 36.5 Å². The largest absolute Gasteiger partial charge is 0.304 e. The number of benzene rings is 1. The Bertz CT molecular complexity index is 352. The van der Waals surface area contributed by atoms with E-state index in [0.717, 1.165) is 16.9 Å². The van der Waals surface area contributed by atoms with E-state index >= 15 is 0 Å². The van der Waals surface area contributed by atoms with Crippen molar-refractivity contribution < 1.29 is 0 Å². The van der Waals surface area contributed by atoms with Crippen molar-refractivity contribution in [2.75, 3.05) is 4.90 Å². The van der Waals surface area contributed by atoms with Crippen LogP contribution in [0.4, 0.5) is 5.69 Å². The highest BCUT2D eigenvalue weighted by atomic mass is 15.2. The second-order valence-electron chi connectivity index (χ2n) is 3.44. The Labute approximate surface area is 85.4 Å². The molecule has 0 unspecified atom stereocenters. The maximum atomic E-state index is 7.68. The third-order valence-electron chi connectivity index (χ3n) is 2.07. The van der Waals surface area contributed by atoms with Crippen molar-refractivity contribution in [1.29, 1.82) is 5.41 Å². The van der Waals surface area contributed by atoms with Gasteiger partial charge in [0.15, 0.2) is 0 Å². The molecule has 0 aliphatic rings. The van der Waals surface area contributed by atoms with Crippen LogP contribution in [0.3, 0.4) is 0 Å². The van der Waals surface area contributed by atoms with Gasteiger partial charge in [-0.25, -0.2) is 0 Å². The van der Waals surface area contributed by atoms with Gasteiger partial charge in [-0.1, -0.05) is 24.8 Å². The molecule has 1 N–H and O–H groups in total. The molecule has 1 aromatic carbocycles. The first-order valence-corrected chi connectivity index (χ1v) is 4.60. The number of rotatable bonds is 2. The number of amidine groups is 1. The molecule has 0 fully saturated rings. The molecule has 2 heteroatoms. The van der Waals surface area contributed by atoms with Crippen molar-refractivity contribution in [3.63, 3.8) is 0 Å². The number of nitrogens with one attached hydrogen (secondary N) is 1. The van der Waals surface area contributed by atoms with E-state index in [0.29, 0.717) is 5.84 Å². The van der Waals surface area contributed by atoms with Crippen LogP contribution in [0.5, 0.6) is 0 Å². The second-order valence-corrected chi connectivity index (χ2v) is 3.44. The summed E-state index contributed by atoms with van der Waals surface area (Å²) >= 11 is 0. The molecule has 0 heterocycles. The predicted molar refractivity (Wildman–Crippen MR) is 61.9 cm³/mol. The van der Waals surface area contributed by atoms with Crippen molar-refractivity contribution in [3.05, 3.63) is 42.1 Å². The van der Waals surface area contributed by atoms with Crippen LogP contribution in [0, 0.1) is 12.3 Å². The second kappa shape index (κ2) is 4.09. The van der Waals surface area contributed by atoms with Crippen molar-refractivity contribution in [1.82, 2.24) is 0 Å². The number of allylic oxidation sites excluding steroid dienone is 1. The lowest BCUT2D eigenvalue weighted by Gasteiger charge is -2.24. The van der Waals surface area contributed by atoms with Gasteiger partial charge >= 0.3 is 0 Å². The van der Waals surface area contributed by atoms with E-state index in [-0.39, 0.29) is 0 Å². The summed E-state index contributed by atoms with van der Waals surface area (Å²) in [5.41, 5.74) is 3.06. The van der Waals surface area contributed by atoms with Gasteiger partial charge in [0.1, 0.15) is 5.84 Å². The Morgan fingerprint density at radius 1 is 1.29 bits per heavy atom. The van der Waals surface area contributed by atoms with Crippen LogP contribution in [0.1, 0.15) is 19.4 Å². The van der Waals surface area contributed by atoms with Crippen LogP contribution in [0.25, 0.3) is 0 Å². The lowest BCUT2D eigenvalue weighted by atomic mass is 10.1. The number of hydrogen-bond acceptors (Lipinski definition) is 1. The van der Waals surface area contributed by atoms with Crippen LogP contribution in [0.2, 0.25) is 0 Å². The minimum atomic E-state index is 0.492. The first-order valence-electron chi connectivity index (χ1n) is 4.60. The lowest BCUT2D eigenvalue weighted by Crippen LogP contribution is -2.25. The van der Waals surface area contributed by atoms with Gasteiger partial charge < -0.3 is 4.90 Å². The molecule has 0 spiro atoms. The Hall–Kier alpha value is -1.57. The first-order chi connectivity index (χ1) is 6.54. The smallest absolute Gasteiger partial charge is 0.101 e. The number of para-hydroxylation sites is 1. The quantitative estimate of drug-likeness (QED) is 0.559. The summed E-state index contributed by atoms with van der Waals surface area (Å²) in [7, 11) is 0. The van der Waals surface area contributed by atoms with E-state index in [4.69, 9.17) is 5.41 Å². The molecule has 0 aliphatic heterocycles. The Morgan fingerprint density at radius 2 is 1.86 bits per heavy atom. The van der Waals surface area contributed by atoms with Gasteiger partial charge in [-0.15, -0.1) is 0 Å². The summed E-state index contributed by atoms with van der Waals surface area (Å²) < 4.78 is 0. The molecule has 0 bridgehead atoms. The van der Waals surface area contributed by atoms with E-state index in [1.54, 1.807) is 6.92 Å². The third kappa shape index (κ3) is 2.02. The number of aryl methyl sites for hydroxylation is 1. The fourth-order valence-electron chi connectivity index (χ4n) is 1.49. The van der Waals surface area contributed by atoms with E-state index in [1.165, 1.54) is 0 Å². The number of hydrogen-bond donors (Lipinski definition) is 1. The molecule has 74 valence electrons. The average Bonchev–Trinajstić information content (AvgIpc) is 2.07. The molecule has 0 atom stereocenters. The number of anilines is 1. The van der Waals surface area contributed by atoms with Gasteiger partial charge in [0, 0.05) is 11.4 Å². The fourth-order valence-corrected chi connectivity index (χ4v) is 1.49. The van der Waals surface area contributed by atoms with E-state index in [2.05, 4.69) is 6.58 Å². The average molecular weight is 188 g/mol. The SMILES string of the molecule is C=C(C)N(C(C)=N)c1ccccc1C. The van der Waals surface area contributed by atoms with Gasteiger partial charge in [0.05, 0.1) is 0 Å². The van der Waals surface area contributed by atoms with E-state index < -0.39 is 0 Å². The monoisotopic (exact) mass is 188 g/mol. The van der Waals surface area contributed by atoms with Gasteiger partial charge in [-0.05, 0) is 32.4 Å². The van der Waals surface area contributed by atoms with Gasteiger partial charge in [-0.3, -0.25) is 5.41 Å². The van der Waals surface area contributed by atoms with Crippen molar-refractivity contribution in [2.24, 2.45) is 0 Å². The van der Waals surface area contributed by atoms with Crippen molar-refractivity contribution in [2.45, 2.75) is 20.8 Å². The van der Waals surface area contributed by atoms with E-state index in [9.17, 15) is 0 Å². The van der Waals surface area contributed by atoms with Crippen LogP contribution in [-0.4, -0.2) is 5.84 Å². The maximum Gasteiger partial charge on any atom is 0.101 e. The molecular weight excluding hydrogens is 172 g/mol. The standard InChI is InChI=1S/C12H16N2/c1-9(2)14(11(4)13)12-8-6-5-7-10(12)3/h5-8,13H,1H2,2-4H3. The minimum absolute atomic E-state index is 0.492. The molecule has 0 radical (unpaired) electrons. The van der Waals surface area contributed by atoms with Crippen LogP contribution < -0.4 is 4.90 Å². The topological polar surface area (TPSA) is 27.1 Å². The molecule has 0 saturated carbocycles. The Kier molecular flexibility index (Phi) is 3.07. The summed E-state index contributed by atoms with van der Waals surface area (Å²) in [5.74, 6) is 0.492. The minimum Gasteiger partial charge on any atom is -0.304 e. The van der Waals surface area contributed by atoms with Gasteiger partial charge in [-0.2, -0.15) is 0 Å². The summed E-state index contributed by atoms with van der Waals surface area (Å²) in [6.45, 7) is 9.59. The molecule has 0 amide bonds. The van der Waals surface area contributed by atoms with Gasteiger partial charge in [0.2, 0.25) is 0 Å². The predicted octanol–water partition coefficient (Wildman–Crippen LogP) is 3.33. The zero-order valence-electron chi connectivity index (χ0n) is 8.96. The molecule has 0 saturated heterocycles. The summed E-state index contributed by atoms with van der Waals surface area (Å²) in [4.78, 5) is 1.84. The van der Waals surface area contributed by atoms with Crippen LogP contribution in [-0.2, 0) is 0 Å². The first kappa shape index (κ1) is 10.5. The molecule has 2 nitrogen and oxygen atoms in total. The lowest BCUT2D eigenvalue weighted by molar-refractivity contribution is 1.16. The summed E-state index contributed by atoms with van der Waals surface area (Å²) in [5, 5.41) is 7.68. The molecule has 14 heavy (non-hydrogen) atoms. The zero-order valence-corrected chi connectivity index (χ0v) is 8.96. The number of nitrogens with zero attached hydrogens (tertiary/aromatic N) is 1. The highest BCUT2D eigenvalue weighted by Gasteiger charge is 2.10. The molecule has 1 aromatic rings. The van der Waals surface area contributed by atoms with E-state index in [1.807, 2.05) is 43.0 Å². The molecule has 0 aliphatic carbocycles.